The van der Waals surface area contributed by atoms with E-state index in [1.165, 1.54) is 0 Å². The van der Waals surface area contributed by atoms with Crippen LogP contribution in [0.3, 0.4) is 0 Å². The summed E-state index contributed by atoms with van der Waals surface area (Å²) in [7, 11) is 0. The van der Waals surface area contributed by atoms with Crippen molar-refractivity contribution in [2.45, 2.75) is 20.0 Å². The lowest BCUT2D eigenvalue weighted by atomic mass is 10.0. The van der Waals surface area contributed by atoms with E-state index in [1.54, 1.807) is 50.2 Å². The fraction of sp³-hybridized carbons (Fsp3) is 0.115. The molecule has 4 aromatic rings. The molecule has 7 nitrogen and oxygen atoms in total. The minimum Gasteiger partial charge on any atom is -0.478 e. The number of carboxylic acid groups (broad SMARTS) is 1. The van der Waals surface area contributed by atoms with E-state index in [0.29, 0.717) is 27.7 Å². The number of halogens is 1. The molecule has 2 N–H and O–H groups in total. The predicted molar refractivity (Wildman–Crippen MR) is 129 cm³/mol. The predicted octanol–water partition coefficient (Wildman–Crippen LogP) is 6.98. The maximum Gasteiger partial charge on any atom is 0.412 e. The molecule has 0 unspecified atom stereocenters. The van der Waals surface area contributed by atoms with Crippen molar-refractivity contribution < 1.29 is 24.0 Å². The third kappa shape index (κ3) is 4.94. The zero-order valence-corrected chi connectivity index (χ0v) is 19.2. The van der Waals surface area contributed by atoms with Gasteiger partial charge in [-0.05, 0) is 43.2 Å². The Morgan fingerprint density at radius 2 is 1.56 bits per heavy atom. The molecule has 1 heterocycles. The van der Waals surface area contributed by atoms with Gasteiger partial charge in [0, 0.05) is 16.1 Å². The second-order valence-electron chi connectivity index (χ2n) is 7.62. The van der Waals surface area contributed by atoms with E-state index in [9.17, 15) is 9.59 Å². The number of aryl methyl sites for hydroxylation is 1. The summed E-state index contributed by atoms with van der Waals surface area (Å²) in [6.45, 7) is 3.44. The zero-order valence-electron chi connectivity index (χ0n) is 18.4. The summed E-state index contributed by atoms with van der Waals surface area (Å²) < 4.78 is 10.8. The van der Waals surface area contributed by atoms with Crippen molar-refractivity contribution >= 4 is 29.4 Å². The van der Waals surface area contributed by atoms with E-state index < -0.39 is 18.2 Å². The lowest BCUT2D eigenvalue weighted by Crippen LogP contribution is -2.17. The first-order valence-corrected chi connectivity index (χ1v) is 10.8. The van der Waals surface area contributed by atoms with E-state index in [-0.39, 0.29) is 5.56 Å². The number of carbonyl (C=O) groups is 2. The lowest BCUT2D eigenvalue weighted by Gasteiger charge is -2.15. The molecule has 0 saturated carbocycles. The fourth-order valence-electron chi connectivity index (χ4n) is 3.50. The van der Waals surface area contributed by atoms with Gasteiger partial charge in [-0.3, -0.25) is 5.32 Å². The molecule has 0 aliphatic carbocycles. The smallest absolute Gasteiger partial charge is 0.412 e. The van der Waals surface area contributed by atoms with Gasteiger partial charge >= 0.3 is 12.1 Å². The topological polar surface area (TPSA) is 102 Å². The summed E-state index contributed by atoms with van der Waals surface area (Å²) in [5, 5.41) is 16.4. The number of hydrogen-bond donors (Lipinski definition) is 2. The SMILES string of the molecule is Cc1onc(-c2ccc(-c3ccc(C(=O)O)cc3)cc2)c1NC(=O)O[C@H](C)c1ccccc1Cl. The Morgan fingerprint density at radius 1 is 0.971 bits per heavy atom. The van der Waals surface area contributed by atoms with Crippen LogP contribution in [0.5, 0.6) is 0 Å². The highest BCUT2D eigenvalue weighted by Crippen LogP contribution is 2.32. The van der Waals surface area contributed by atoms with E-state index in [4.69, 9.17) is 26.0 Å². The van der Waals surface area contributed by atoms with Gasteiger partial charge < -0.3 is 14.4 Å². The monoisotopic (exact) mass is 476 g/mol. The number of benzene rings is 3. The Labute approximate surface area is 200 Å². The van der Waals surface area contributed by atoms with Crippen molar-refractivity contribution in [3.8, 4) is 22.4 Å². The van der Waals surface area contributed by atoms with Gasteiger partial charge in [0.1, 0.15) is 17.5 Å². The summed E-state index contributed by atoms with van der Waals surface area (Å²) in [6, 6.07) is 21.3. The molecule has 0 bridgehead atoms. The van der Waals surface area contributed by atoms with Crippen molar-refractivity contribution in [1.29, 1.82) is 0 Å². The van der Waals surface area contributed by atoms with Crippen LogP contribution >= 0.6 is 11.6 Å². The molecule has 0 saturated heterocycles. The number of ether oxygens (including phenoxy) is 1. The molecule has 1 amide bonds. The first kappa shape index (κ1) is 23.1. The number of rotatable bonds is 6. The molecule has 4 rings (SSSR count). The number of aromatic nitrogens is 1. The number of anilines is 1. The number of carbonyl (C=O) groups excluding carboxylic acids is 1. The Balaban J connectivity index is 1.50. The van der Waals surface area contributed by atoms with Crippen LogP contribution in [0.25, 0.3) is 22.4 Å². The third-order valence-electron chi connectivity index (χ3n) is 5.34. The first-order chi connectivity index (χ1) is 16.3. The van der Waals surface area contributed by atoms with Crippen LogP contribution in [0.1, 0.15) is 34.7 Å². The number of nitrogens with zero attached hydrogens (tertiary/aromatic N) is 1. The second-order valence-corrected chi connectivity index (χ2v) is 8.02. The average Bonchev–Trinajstić information content (AvgIpc) is 3.19. The van der Waals surface area contributed by atoms with Gasteiger partial charge in [-0.25, -0.2) is 9.59 Å². The van der Waals surface area contributed by atoms with Gasteiger partial charge in [0.05, 0.1) is 5.56 Å². The van der Waals surface area contributed by atoms with E-state index in [2.05, 4.69) is 10.5 Å². The Hall–Kier alpha value is -4.10. The van der Waals surface area contributed by atoms with Gasteiger partial charge in [-0.2, -0.15) is 0 Å². The fourth-order valence-corrected chi connectivity index (χ4v) is 3.79. The Kier molecular flexibility index (Phi) is 6.65. The van der Waals surface area contributed by atoms with Gasteiger partial charge in [0.15, 0.2) is 5.76 Å². The summed E-state index contributed by atoms with van der Waals surface area (Å²) in [5.41, 5.74) is 4.32. The van der Waals surface area contributed by atoms with Crippen LogP contribution in [-0.4, -0.2) is 22.3 Å². The highest BCUT2D eigenvalue weighted by Gasteiger charge is 2.20. The molecule has 1 atom stereocenters. The molecule has 8 heteroatoms. The van der Waals surface area contributed by atoms with Gasteiger partial charge in [-0.1, -0.05) is 71.4 Å². The number of aromatic carboxylic acids is 1. The molecular weight excluding hydrogens is 456 g/mol. The molecule has 0 spiro atoms. The van der Waals surface area contributed by atoms with Crippen molar-refractivity contribution in [3.63, 3.8) is 0 Å². The summed E-state index contributed by atoms with van der Waals surface area (Å²) in [4.78, 5) is 23.6. The highest BCUT2D eigenvalue weighted by atomic mass is 35.5. The minimum atomic E-state index is -0.969. The zero-order chi connectivity index (χ0) is 24.2. The Bertz CT molecular complexity index is 1330. The van der Waals surface area contributed by atoms with Crippen LogP contribution in [0.15, 0.2) is 77.3 Å². The molecule has 0 aliphatic rings. The van der Waals surface area contributed by atoms with E-state index in [0.717, 1.165) is 16.7 Å². The van der Waals surface area contributed by atoms with Gasteiger partial charge in [-0.15, -0.1) is 0 Å². The highest BCUT2D eigenvalue weighted by molar-refractivity contribution is 6.31. The van der Waals surface area contributed by atoms with Gasteiger partial charge in [0.2, 0.25) is 0 Å². The average molecular weight is 477 g/mol. The third-order valence-corrected chi connectivity index (χ3v) is 5.68. The first-order valence-electron chi connectivity index (χ1n) is 10.5. The quantitative estimate of drug-likeness (QED) is 0.311. The molecule has 0 radical (unpaired) electrons. The van der Waals surface area contributed by atoms with Crippen molar-refractivity contribution in [2.24, 2.45) is 0 Å². The van der Waals surface area contributed by atoms with Crippen molar-refractivity contribution in [1.82, 2.24) is 5.16 Å². The summed E-state index contributed by atoms with van der Waals surface area (Å²) >= 11 is 6.19. The van der Waals surface area contributed by atoms with Crippen LogP contribution in [0.4, 0.5) is 10.5 Å². The molecule has 3 aromatic carbocycles. The van der Waals surface area contributed by atoms with E-state index in [1.807, 2.05) is 36.4 Å². The minimum absolute atomic E-state index is 0.227. The number of nitrogens with one attached hydrogen (secondary N) is 1. The molecule has 1 aromatic heterocycles. The van der Waals surface area contributed by atoms with Crippen LogP contribution in [-0.2, 0) is 4.74 Å². The van der Waals surface area contributed by atoms with Crippen molar-refractivity contribution in [3.05, 3.63) is 94.7 Å². The molecule has 0 aliphatic heterocycles. The summed E-state index contributed by atoms with van der Waals surface area (Å²) in [5.74, 6) is -0.534. The number of hydrogen-bond acceptors (Lipinski definition) is 5. The maximum absolute atomic E-state index is 12.6. The maximum atomic E-state index is 12.6. The normalized spacial score (nSPS) is 11.6. The van der Waals surface area contributed by atoms with E-state index >= 15 is 0 Å². The standard InChI is InChI=1S/C26H21ClN2O5/c1-15(21-5-3-4-6-22(21)27)33-26(32)28-23-16(2)34-29-24(23)19-11-7-17(8-12-19)18-9-13-20(14-10-18)25(30)31/h3-15H,1-2H3,(H,28,32)(H,30,31)/t15-/m1/s1. The largest absolute Gasteiger partial charge is 0.478 e. The van der Waals surface area contributed by atoms with Crippen LogP contribution < -0.4 is 5.32 Å². The van der Waals surface area contributed by atoms with Gasteiger partial charge in [0.25, 0.3) is 0 Å². The molecule has 172 valence electrons. The second kappa shape index (κ2) is 9.80. The van der Waals surface area contributed by atoms with Crippen molar-refractivity contribution in [2.75, 3.05) is 5.32 Å². The Morgan fingerprint density at radius 3 is 2.18 bits per heavy atom. The number of amides is 1. The molecule has 34 heavy (non-hydrogen) atoms. The molecular formula is C26H21ClN2O5. The number of carboxylic acids is 1. The van der Waals surface area contributed by atoms with Crippen LogP contribution in [0.2, 0.25) is 5.02 Å². The van der Waals surface area contributed by atoms with Crippen LogP contribution in [0, 0.1) is 6.92 Å². The summed E-state index contributed by atoms with van der Waals surface area (Å²) in [6.07, 6.45) is -1.21. The lowest BCUT2D eigenvalue weighted by molar-refractivity contribution is 0.0696. The molecule has 0 fully saturated rings.